The second kappa shape index (κ2) is 6.84. The molecule has 102 valence electrons. The number of nitrogens with zero attached hydrogens (tertiary/aromatic N) is 1. The van der Waals surface area contributed by atoms with E-state index < -0.39 is 10.0 Å². The van der Waals surface area contributed by atoms with Gasteiger partial charge in [0.05, 0.1) is 4.90 Å². The number of hydrazine groups is 1. The lowest BCUT2D eigenvalue weighted by Gasteiger charge is -2.12. The van der Waals surface area contributed by atoms with E-state index in [4.69, 9.17) is 0 Å². The lowest BCUT2D eigenvalue weighted by Crippen LogP contribution is -2.36. The lowest BCUT2D eigenvalue weighted by atomic mass is 10.1. The lowest BCUT2D eigenvalue weighted by molar-refractivity contribution is 0.364. The minimum atomic E-state index is -3.44. The molecule has 2 N–H and O–H groups in total. The van der Waals surface area contributed by atoms with Crippen molar-refractivity contribution in [1.82, 2.24) is 15.2 Å². The monoisotopic (exact) mass is 271 g/mol. The van der Waals surface area contributed by atoms with Gasteiger partial charge in [0, 0.05) is 14.1 Å². The fraction of sp³-hybridized carbons (Fsp3) is 0.500. The Bertz CT molecular complexity index is 455. The van der Waals surface area contributed by atoms with E-state index in [0.29, 0.717) is 0 Å². The Morgan fingerprint density at radius 3 is 2.28 bits per heavy atom. The number of sulfonamides is 1. The zero-order valence-corrected chi connectivity index (χ0v) is 11.9. The first-order valence-electron chi connectivity index (χ1n) is 5.89. The molecule has 0 amide bonds. The maximum Gasteiger partial charge on any atom is 0.253 e. The molecule has 0 aliphatic rings. The van der Waals surface area contributed by atoms with Crippen molar-refractivity contribution in [2.24, 2.45) is 0 Å². The van der Waals surface area contributed by atoms with Gasteiger partial charge in [-0.25, -0.2) is 13.4 Å². The highest BCUT2D eigenvalue weighted by molar-refractivity contribution is 7.89. The Labute approximate surface area is 109 Å². The van der Waals surface area contributed by atoms with E-state index in [-0.39, 0.29) is 4.90 Å². The summed E-state index contributed by atoms with van der Waals surface area (Å²) in [5.74, 6) is 0. The first-order chi connectivity index (χ1) is 8.45. The summed E-state index contributed by atoms with van der Waals surface area (Å²) in [6.45, 7) is 0.961. The Morgan fingerprint density at radius 1 is 1.17 bits per heavy atom. The van der Waals surface area contributed by atoms with Crippen molar-refractivity contribution in [2.75, 3.05) is 27.7 Å². The van der Waals surface area contributed by atoms with Crippen molar-refractivity contribution >= 4 is 10.0 Å². The maximum atomic E-state index is 11.9. The summed E-state index contributed by atoms with van der Waals surface area (Å²) in [5.41, 5.74) is 1.15. The average molecular weight is 271 g/mol. The summed E-state index contributed by atoms with van der Waals surface area (Å²) in [6, 6.07) is 7.00. The second-order valence-electron chi connectivity index (χ2n) is 4.34. The van der Waals surface area contributed by atoms with Crippen molar-refractivity contribution in [1.29, 1.82) is 0 Å². The highest BCUT2D eigenvalue weighted by atomic mass is 32.2. The number of aryl methyl sites for hydroxylation is 1. The normalized spacial score (nSPS) is 12.0. The molecule has 0 aliphatic heterocycles. The molecule has 0 atom stereocenters. The van der Waals surface area contributed by atoms with E-state index >= 15 is 0 Å². The summed E-state index contributed by atoms with van der Waals surface area (Å²) in [7, 11) is 1.77. The van der Waals surface area contributed by atoms with Gasteiger partial charge in [-0.2, -0.15) is 0 Å². The van der Waals surface area contributed by atoms with E-state index in [1.54, 1.807) is 26.2 Å². The van der Waals surface area contributed by atoms with Crippen LogP contribution in [0.4, 0.5) is 0 Å². The number of benzene rings is 1. The Morgan fingerprint density at radius 2 is 1.78 bits per heavy atom. The van der Waals surface area contributed by atoms with E-state index in [1.165, 1.54) is 5.01 Å². The first kappa shape index (κ1) is 15.1. The van der Waals surface area contributed by atoms with Crippen LogP contribution in [0.2, 0.25) is 0 Å². The highest BCUT2D eigenvalue weighted by Crippen LogP contribution is 2.11. The zero-order valence-electron chi connectivity index (χ0n) is 11.1. The summed E-state index contributed by atoms with van der Waals surface area (Å²) in [5, 5.41) is 4.50. The molecule has 0 bridgehead atoms. The molecular weight excluding hydrogens is 250 g/mol. The molecule has 0 fully saturated rings. The topological polar surface area (TPSA) is 61.4 Å². The van der Waals surface area contributed by atoms with Gasteiger partial charge in [0.2, 0.25) is 0 Å². The molecule has 0 saturated carbocycles. The highest BCUT2D eigenvalue weighted by Gasteiger charge is 2.13. The van der Waals surface area contributed by atoms with Crippen LogP contribution in [0.3, 0.4) is 0 Å². The first-order valence-corrected chi connectivity index (χ1v) is 7.37. The van der Waals surface area contributed by atoms with Gasteiger partial charge in [-0.05, 0) is 44.1 Å². The van der Waals surface area contributed by atoms with Gasteiger partial charge < -0.3 is 5.32 Å². The van der Waals surface area contributed by atoms with Gasteiger partial charge in [0.1, 0.15) is 0 Å². The fourth-order valence-electron chi connectivity index (χ4n) is 1.60. The largest absolute Gasteiger partial charge is 0.320 e. The molecule has 18 heavy (non-hydrogen) atoms. The number of rotatable bonds is 7. The van der Waals surface area contributed by atoms with E-state index in [2.05, 4.69) is 10.1 Å². The van der Waals surface area contributed by atoms with Crippen LogP contribution in [0.25, 0.3) is 0 Å². The van der Waals surface area contributed by atoms with Crippen molar-refractivity contribution in [3.63, 3.8) is 0 Å². The molecule has 0 aromatic heterocycles. The predicted molar refractivity (Wildman–Crippen MR) is 72.7 cm³/mol. The van der Waals surface area contributed by atoms with Gasteiger partial charge in [0.15, 0.2) is 0 Å². The van der Waals surface area contributed by atoms with E-state index in [1.807, 2.05) is 19.2 Å². The van der Waals surface area contributed by atoms with Gasteiger partial charge >= 0.3 is 0 Å². The van der Waals surface area contributed by atoms with Gasteiger partial charge in [-0.15, -0.1) is 4.83 Å². The van der Waals surface area contributed by atoms with E-state index in [0.717, 1.165) is 24.9 Å². The van der Waals surface area contributed by atoms with Gasteiger partial charge in [0.25, 0.3) is 10.0 Å². The van der Waals surface area contributed by atoms with Crippen molar-refractivity contribution < 1.29 is 8.42 Å². The number of hydrogen-bond donors (Lipinski definition) is 2. The summed E-state index contributed by atoms with van der Waals surface area (Å²) >= 11 is 0. The maximum absolute atomic E-state index is 11.9. The van der Waals surface area contributed by atoms with Crippen LogP contribution in [0.15, 0.2) is 29.2 Å². The Hall–Kier alpha value is -0.950. The molecule has 1 aromatic carbocycles. The third kappa shape index (κ3) is 4.73. The Kier molecular flexibility index (Phi) is 5.74. The molecule has 0 unspecified atom stereocenters. The van der Waals surface area contributed by atoms with Gasteiger partial charge in [-0.3, -0.25) is 0 Å². The van der Waals surface area contributed by atoms with Crippen molar-refractivity contribution in [3.05, 3.63) is 29.8 Å². The van der Waals surface area contributed by atoms with Crippen LogP contribution >= 0.6 is 0 Å². The van der Waals surface area contributed by atoms with Crippen LogP contribution < -0.4 is 10.1 Å². The molecule has 0 radical (unpaired) electrons. The quantitative estimate of drug-likeness (QED) is 0.563. The average Bonchev–Trinajstić information content (AvgIpc) is 2.28. The summed E-state index contributed by atoms with van der Waals surface area (Å²) in [4.78, 5) is 2.69. The molecule has 1 aromatic rings. The van der Waals surface area contributed by atoms with Gasteiger partial charge in [-0.1, -0.05) is 12.1 Å². The third-order valence-corrected chi connectivity index (χ3v) is 3.93. The van der Waals surface area contributed by atoms with Crippen LogP contribution in [0, 0.1) is 0 Å². The molecule has 0 saturated heterocycles. The third-order valence-electron chi connectivity index (χ3n) is 2.43. The smallest absolute Gasteiger partial charge is 0.253 e. The SMILES string of the molecule is CNCCCc1ccc(S(=O)(=O)NN(C)C)cc1. The van der Waals surface area contributed by atoms with E-state index in [9.17, 15) is 8.42 Å². The summed E-state index contributed by atoms with van der Waals surface area (Å²) < 4.78 is 23.7. The molecular formula is C12H21N3O2S. The van der Waals surface area contributed by atoms with Crippen LogP contribution in [0.5, 0.6) is 0 Å². The fourth-order valence-corrected chi connectivity index (χ4v) is 2.68. The number of hydrogen-bond acceptors (Lipinski definition) is 4. The minimum Gasteiger partial charge on any atom is -0.320 e. The molecule has 6 heteroatoms. The standard InChI is InChI=1S/C12H21N3O2S/c1-13-10-4-5-11-6-8-12(9-7-11)18(16,17)14-15(2)3/h6-9,13-14H,4-5,10H2,1-3H3. The Balaban J connectivity index is 2.70. The number of nitrogens with one attached hydrogen (secondary N) is 2. The molecule has 0 aliphatic carbocycles. The predicted octanol–water partition coefficient (Wildman–Crippen LogP) is 0.594. The minimum absolute atomic E-state index is 0.286. The van der Waals surface area contributed by atoms with Crippen LogP contribution in [0.1, 0.15) is 12.0 Å². The zero-order chi connectivity index (χ0) is 13.6. The van der Waals surface area contributed by atoms with Crippen LogP contribution in [-0.4, -0.2) is 41.1 Å². The second-order valence-corrected chi connectivity index (χ2v) is 6.00. The van der Waals surface area contributed by atoms with Crippen molar-refractivity contribution in [2.45, 2.75) is 17.7 Å². The molecule has 1 rings (SSSR count). The summed E-state index contributed by atoms with van der Waals surface area (Å²) in [6.07, 6.45) is 1.99. The molecule has 0 heterocycles. The van der Waals surface area contributed by atoms with Crippen LogP contribution in [-0.2, 0) is 16.4 Å². The molecule has 0 spiro atoms. The molecule has 5 nitrogen and oxygen atoms in total. The van der Waals surface area contributed by atoms with Crippen molar-refractivity contribution in [3.8, 4) is 0 Å².